The number of hydrogen-bond acceptors (Lipinski definition) is 2. The molecule has 90 valence electrons. The van der Waals surface area contributed by atoms with Crippen molar-refractivity contribution in [3.63, 3.8) is 0 Å². The fraction of sp³-hybridized carbons (Fsp3) is 0.308. The molecule has 0 unspecified atom stereocenters. The first-order valence-corrected chi connectivity index (χ1v) is 5.42. The third-order valence-corrected chi connectivity index (χ3v) is 1.99. The molecule has 0 radical (unpaired) electrons. The van der Waals surface area contributed by atoms with E-state index < -0.39 is 0 Å². The monoisotopic (exact) mass is 231 g/mol. The number of guanidine groups is 1. The molecule has 2 N–H and O–H groups in total. The van der Waals surface area contributed by atoms with Crippen LogP contribution in [0.4, 0.5) is 0 Å². The van der Waals surface area contributed by atoms with Gasteiger partial charge in [-0.3, -0.25) is 4.99 Å². The number of rotatable bonds is 5. The predicted octanol–water partition coefficient (Wildman–Crippen LogP) is 0.864. The minimum Gasteiger partial charge on any atom is -0.492 e. The molecule has 0 saturated heterocycles. The summed E-state index contributed by atoms with van der Waals surface area (Å²) in [5.41, 5.74) is 0. The Morgan fingerprint density at radius 3 is 2.76 bits per heavy atom. The smallest absolute Gasteiger partial charge is 0.191 e. The second kappa shape index (κ2) is 8.05. The summed E-state index contributed by atoms with van der Waals surface area (Å²) in [5.74, 6) is 4.03. The Kier molecular flexibility index (Phi) is 6.12. The van der Waals surface area contributed by atoms with Crippen molar-refractivity contribution in [3.05, 3.63) is 30.3 Å². The first-order chi connectivity index (χ1) is 8.36. The highest BCUT2D eigenvalue weighted by Gasteiger charge is 1.95. The Morgan fingerprint density at radius 2 is 2.12 bits per heavy atom. The van der Waals surface area contributed by atoms with Crippen LogP contribution in [0.1, 0.15) is 0 Å². The lowest BCUT2D eigenvalue weighted by molar-refractivity contribution is 0.322. The zero-order valence-electron chi connectivity index (χ0n) is 9.94. The van der Waals surface area contributed by atoms with Gasteiger partial charge in [0.2, 0.25) is 0 Å². The van der Waals surface area contributed by atoms with Crippen molar-refractivity contribution in [1.82, 2.24) is 10.6 Å². The van der Waals surface area contributed by atoms with E-state index in [2.05, 4.69) is 21.5 Å². The lowest BCUT2D eigenvalue weighted by atomic mass is 10.3. The third kappa shape index (κ3) is 5.47. The quantitative estimate of drug-likeness (QED) is 0.342. The summed E-state index contributed by atoms with van der Waals surface area (Å²) in [6.45, 7) is 1.69. The maximum Gasteiger partial charge on any atom is 0.191 e. The number of hydrogen-bond donors (Lipinski definition) is 2. The highest BCUT2D eigenvalue weighted by molar-refractivity contribution is 5.79. The molecule has 0 amide bonds. The molecular formula is C13H17N3O. The van der Waals surface area contributed by atoms with E-state index in [9.17, 15) is 0 Å². The lowest BCUT2D eigenvalue weighted by Gasteiger charge is -2.10. The van der Waals surface area contributed by atoms with Crippen LogP contribution in [-0.4, -0.2) is 32.7 Å². The Labute approximate surface area is 102 Å². The van der Waals surface area contributed by atoms with Crippen molar-refractivity contribution in [3.8, 4) is 18.1 Å². The number of nitrogens with one attached hydrogen (secondary N) is 2. The SMILES string of the molecule is C#CCNC(=NC)NCCOc1ccccc1. The van der Waals surface area contributed by atoms with Gasteiger partial charge in [0.25, 0.3) is 0 Å². The van der Waals surface area contributed by atoms with Crippen molar-refractivity contribution in [2.75, 3.05) is 26.7 Å². The zero-order chi connectivity index (χ0) is 12.3. The van der Waals surface area contributed by atoms with Crippen LogP contribution in [0.2, 0.25) is 0 Å². The standard InChI is InChI=1S/C13H17N3O/c1-3-9-15-13(14-2)16-10-11-17-12-7-5-4-6-8-12/h1,4-8H,9-11H2,2H3,(H2,14,15,16). The summed E-state index contributed by atoms with van der Waals surface area (Å²) in [6, 6.07) is 9.68. The molecule has 0 aliphatic carbocycles. The fourth-order valence-corrected chi connectivity index (χ4v) is 1.21. The van der Waals surface area contributed by atoms with E-state index in [1.54, 1.807) is 7.05 Å². The van der Waals surface area contributed by atoms with Crippen LogP contribution < -0.4 is 15.4 Å². The number of nitrogens with zero attached hydrogens (tertiary/aromatic N) is 1. The van der Waals surface area contributed by atoms with Gasteiger partial charge in [0.05, 0.1) is 13.1 Å². The van der Waals surface area contributed by atoms with Gasteiger partial charge in [-0.05, 0) is 12.1 Å². The average Bonchev–Trinajstić information content (AvgIpc) is 2.39. The Balaban J connectivity index is 2.17. The molecule has 1 aromatic rings. The molecule has 0 atom stereocenters. The van der Waals surface area contributed by atoms with Crippen molar-refractivity contribution >= 4 is 5.96 Å². The molecule has 0 aromatic heterocycles. The van der Waals surface area contributed by atoms with Crippen LogP contribution in [0, 0.1) is 12.3 Å². The van der Waals surface area contributed by atoms with Gasteiger partial charge >= 0.3 is 0 Å². The van der Waals surface area contributed by atoms with Crippen LogP contribution >= 0.6 is 0 Å². The Hall–Kier alpha value is -2.15. The molecule has 0 bridgehead atoms. The molecule has 0 spiro atoms. The second-order valence-corrected chi connectivity index (χ2v) is 3.22. The van der Waals surface area contributed by atoms with Gasteiger partial charge in [0.1, 0.15) is 12.4 Å². The summed E-state index contributed by atoms with van der Waals surface area (Å²) in [5, 5.41) is 6.06. The zero-order valence-corrected chi connectivity index (χ0v) is 9.94. The number of aliphatic imine (C=N–C) groups is 1. The fourth-order valence-electron chi connectivity index (χ4n) is 1.21. The first-order valence-electron chi connectivity index (χ1n) is 5.42. The summed E-state index contributed by atoms with van der Waals surface area (Å²) in [7, 11) is 1.70. The third-order valence-electron chi connectivity index (χ3n) is 1.99. The van der Waals surface area contributed by atoms with Gasteiger partial charge in [-0.15, -0.1) is 6.42 Å². The number of benzene rings is 1. The molecule has 0 heterocycles. The van der Waals surface area contributed by atoms with E-state index in [0.29, 0.717) is 25.7 Å². The van der Waals surface area contributed by atoms with E-state index in [4.69, 9.17) is 11.2 Å². The molecule has 4 nitrogen and oxygen atoms in total. The molecule has 1 rings (SSSR count). The minimum absolute atomic E-state index is 0.458. The molecule has 1 aromatic carbocycles. The van der Waals surface area contributed by atoms with Crippen molar-refractivity contribution in [2.45, 2.75) is 0 Å². The predicted molar refractivity (Wildman–Crippen MR) is 70.1 cm³/mol. The second-order valence-electron chi connectivity index (χ2n) is 3.22. The van der Waals surface area contributed by atoms with E-state index in [1.165, 1.54) is 0 Å². The number of para-hydroxylation sites is 1. The normalized spacial score (nSPS) is 10.5. The van der Waals surface area contributed by atoms with Crippen LogP contribution in [0.5, 0.6) is 5.75 Å². The maximum atomic E-state index is 5.52. The Morgan fingerprint density at radius 1 is 1.35 bits per heavy atom. The molecule has 4 heteroatoms. The molecular weight excluding hydrogens is 214 g/mol. The largest absolute Gasteiger partial charge is 0.492 e. The highest BCUT2D eigenvalue weighted by atomic mass is 16.5. The van der Waals surface area contributed by atoms with Gasteiger partial charge in [-0.1, -0.05) is 24.1 Å². The summed E-state index contributed by atoms with van der Waals surface area (Å²) in [6.07, 6.45) is 5.14. The van der Waals surface area contributed by atoms with Gasteiger partial charge in [0, 0.05) is 7.05 Å². The van der Waals surface area contributed by atoms with E-state index in [-0.39, 0.29) is 0 Å². The van der Waals surface area contributed by atoms with Crippen LogP contribution in [-0.2, 0) is 0 Å². The Bertz CT molecular complexity index is 381. The van der Waals surface area contributed by atoms with Gasteiger partial charge in [-0.2, -0.15) is 0 Å². The molecule has 0 aliphatic heterocycles. The van der Waals surface area contributed by atoms with E-state index >= 15 is 0 Å². The average molecular weight is 231 g/mol. The topological polar surface area (TPSA) is 45.7 Å². The van der Waals surface area contributed by atoms with Crippen molar-refractivity contribution < 1.29 is 4.74 Å². The van der Waals surface area contributed by atoms with Gasteiger partial charge in [-0.25, -0.2) is 0 Å². The number of terminal acetylenes is 1. The van der Waals surface area contributed by atoms with Gasteiger partial charge < -0.3 is 15.4 Å². The molecule has 0 fully saturated rings. The highest BCUT2D eigenvalue weighted by Crippen LogP contribution is 2.07. The molecule has 0 saturated carbocycles. The van der Waals surface area contributed by atoms with Crippen molar-refractivity contribution in [2.24, 2.45) is 4.99 Å². The van der Waals surface area contributed by atoms with Crippen LogP contribution in [0.25, 0.3) is 0 Å². The van der Waals surface area contributed by atoms with Crippen molar-refractivity contribution in [1.29, 1.82) is 0 Å². The maximum absolute atomic E-state index is 5.52. The van der Waals surface area contributed by atoms with E-state index in [1.807, 2.05) is 30.3 Å². The summed E-state index contributed by atoms with van der Waals surface area (Å²) in [4.78, 5) is 4.01. The first kappa shape index (κ1) is 12.9. The number of ether oxygens (including phenoxy) is 1. The van der Waals surface area contributed by atoms with Crippen LogP contribution in [0.3, 0.4) is 0 Å². The van der Waals surface area contributed by atoms with Gasteiger partial charge in [0.15, 0.2) is 5.96 Å². The summed E-state index contributed by atoms with van der Waals surface area (Å²) < 4.78 is 5.52. The van der Waals surface area contributed by atoms with Crippen LogP contribution in [0.15, 0.2) is 35.3 Å². The molecule has 17 heavy (non-hydrogen) atoms. The van der Waals surface area contributed by atoms with E-state index in [0.717, 1.165) is 5.75 Å². The lowest BCUT2D eigenvalue weighted by Crippen LogP contribution is -2.39. The summed E-state index contributed by atoms with van der Waals surface area (Å²) >= 11 is 0. The minimum atomic E-state index is 0.458. The molecule has 0 aliphatic rings.